The van der Waals surface area contributed by atoms with Crippen LogP contribution in [0.1, 0.15) is 13.8 Å². The summed E-state index contributed by atoms with van der Waals surface area (Å²) in [6.45, 7) is 6.33. The first-order valence-corrected chi connectivity index (χ1v) is 6.35. The van der Waals surface area contributed by atoms with Crippen molar-refractivity contribution in [3.05, 3.63) is 0 Å². The first-order chi connectivity index (χ1) is 8.07. The fraction of sp³-hybridized carbons (Fsp3) is 0.818. The topological polar surface area (TPSA) is 49.9 Å². The molecule has 1 rings (SSSR count). The molecular formula is C11H19ClN2O3. The monoisotopic (exact) mass is 262 g/mol. The summed E-state index contributed by atoms with van der Waals surface area (Å²) in [5.74, 6) is -0.406. The molecule has 1 aliphatic rings. The minimum atomic E-state index is -0.431. The zero-order chi connectivity index (χ0) is 12.8. The van der Waals surface area contributed by atoms with Gasteiger partial charge in [0.25, 0.3) is 0 Å². The van der Waals surface area contributed by atoms with Crippen LogP contribution in [-0.4, -0.2) is 66.4 Å². The number of ether oxygens (including phenoxy) is 1. The van der Waals surface area contributed by atoms with E-state index in [1.807, 2.05) is 13.8 Å². The lowest BCUT2D eigenvalue weighted by atomic mass is 10.2. The average Bonchev–Trinajstić information content (AvgIpc) is 2.29. The average molecular weight is 263 g/mol. The van der Waals surface area contributed by atoms with E-state index in [1.54, 1.807) is 4.90 Å². The molecule has 17 heavy (non-hydrogen) atoms. The Hall–Kier alpha value is -0.810. The molecule has 2 amide bonds. The lowest BCUT2D eigenvalue weighted by Gasteiger charge is -2.35. The van der Waals surface area contributed by atoms with Gasteiger partial charge in [-0.3, -0.25) is 9.59 Å². The molecule has 0 spiro atoms. The van der Waals surface area contributed by atoms with E-state index in [2.05, 4.69) is 0 Å². The second-order valence-electron chi connectivity index (χ2n) is 4.19. The van der Waals surface area contributed by atoms with Crippen LogP contribution >= 0.6 is 11.6 Å². The highest BCUT2D eigenvalue weighted by molar-refractivity contribution is 6.35. The standard InChI is InChI=1S/C11H19ClN2O3/c1-9(2)14-5-4-13(10(15)11(14)16)6-8-17-7-3-12/h9H,3-8H2,1-2H3. The highest BCUT2D eigenvalue weighted by atomic mass is 35.5. The van der Waals surface area contributed by atoms with Crippen LogP contribution in [0.2, 0.25) is 0 Å². The molecule has 0 aromatic carbocycles. The molecule has 0 radical (unpaired) electrons. The molecule has 0 aromatic rings. The molecule has 0 aromatic heterocycles. The van der Waals surface area contributed by atoms with Gasteiger partial charge in [-0.25, -0.2) is 0 Å². The molecule has 0 aliphatic carbocycles. The van der Waals surface area contributed by atoms with Gasteiger partial charge in [0.1, 0.15) is 0 Å². The lowest BCUT2D eigenvalue weighted by molar-refractivity contribution is -0.157. The maximum atomic E-state index is 11.8. The van der Waals surface area contributed by atoms with Crippen molar-refractivity contribution in [2.75, 3.05) is 38.7 Å². The van der Waals surface area contributed by atoms with Crippen molar-refractivity contribution in [2.45, 2.75) is 19.9 Å². The van der Waals surface area contributed by atoms with Crippen LogP contribution in [0.4, 0.5) is 0 Å². The van der Waals surface area contributed by atoms with Crippen molar-refractivity contribution in [1.29, 1.82) is 0 Å². The molecule has 0 atom stereocenters. The van der Waals surface area contributed by atoms with Crippen LogP contribution in [0, 0.1) is 0 Å². The minimum Gasteiger partial charge on any atom is -0.378 e. The fourth-order valence-corrected chi connectivity index (χ4v) is 1.84. The van der Waals surface area contributed by atoms with E-state index >= 15 is 0 Å². The van der Waals surface area contributed by atoms with Gasteiger partial charge in [-0.2, -0.15) is 0 Å². The molecule has 0 N–H and O–H groups in total. The third kappa shape index (κ3) is 3.85. The van der Waals surface area contributed by atoms with Gasteiger partial charge in [0.15, 0.2) is 0 Å². The van der Waals surface area contributed by atoms with Gasteiger partial charge in [-0.05, 0) is 13.8 Å². The Morgan fingerprint density at radius 3 is 2.53 bits per heavy atom. The number of amides is 2. The second-order valence-corrected chi connectivity index (χ2v) is 4.56. The number of halogens is 1. The SMILES string of the molecule is CC(C)N1CCN(CCOCCCl)C(=O)C1=O. The third-order valence-electron chi connectivity index (χ3n) is 2.69. The molecule has 98 valence electrons. The van der Waals surface area contributed by atoms with E-state index < -0.39 is 11.8 Å². The van der Waals surface area contributed by atoms with Gasteiger partial charge >= 0.3 is 11.8 Å². The summed E-state index contributed by atoms with van der Waals surface area (Å²) in [7, 11) is 0. The van der Waals surface area contributed by atoms with Crippen molar-refractivity contribution < 1.29 is 14.3 Å². The number of alkyl halides is 1. The van der Waals surface area contributed by atoms with Crippen molar-refractivity contribution in [3.8, 4) is 0 Å². The Morgan fingerprint density at radius 1 is 1.24 bits per heavy atom. The first-order valence-electron chi connectivity index (χ1n) is 5.81. The van der Waals surface area contributed by atoms with Crippen LogP contribution in [0.3, 0.4) is 0 Å². The van der Waals surface area contributed by atoms with Gasteiger partial charge in [0.05, 0.1) is 13.2 Å². The highest BCUT2D eigenvalue weighted by Gasteiger charge is 2.33. The molecule has 1 fully saturated rings. The summed E-state index contributed by atoms with van der Waals surface area (Å²) in [6, 6.07) is 0.0705. The molecule has 5 nitrogen and oxygen atoms in total. The maximum absolute atomic E-state index is 11.8. The Balaban J connectivity index is 2.40. The van der Waals surface area contributed by atoms with E-state index in [1.165, 1.54) is 4.90 Å². The minimum absolute atomic E-state index is 0.0705. The van der Waals surface area contributed by atoms with Crippen LogP contribution in [0.15, 0.2) is 0 Å². The lowest BCUT2D eigenvalue weighted by Crippen LogP contribution is -2.56. The fourth-order valence-electron chi connectivity index (χ4n) is 1.73. The largest absolute Gasteiger partial charge is 0.378 e. The van der Waals surface area contributed by atoms with Gasteiger partial charge < -0.3 is 14.5 Å². The van der Waals surface area contributed by atoms with Crippen molar-refractivity contribution in [2.24, 2.45) is 0 Å². The maximum Gasteiger partial charge on any atom is 0.312 e. The molecule has 1 saturated heterocycles. The smallest absolute Gasteiger partial charge is 0.312 e. The number of piperazine rings is 1. The van der Waals surface area contributed by atoms with E-state index in [0.717, 1.165) is 0 Å². The number of hydrogen-bond donors (Lipinski definition) is 0. The van der Waals surface area contributed by atoms with Gasteiger partial charge in [-0.15, -0.1) is 11.6 Å². The number of carbonyl (C=O) groups excluding carboxylic acids is 2. The van der Waals surface area contributed by atoms with Gasteiger partial charge in [0, 0.05) is 31.6 Å². The third-order valence-corrected chi connectivity index (χ3v) is 2.85. The summed E-state index contributed by atoms with van der Waals surface area (Å²) in [5.41, 5.74) is 0. The zero-order valence-electron chi connectivity index (χ0n) is 10.3. The quantitative estimate of drug-likeness (QED) is 0.394. The number of rotatable bonds is 6. The van der Waals surface area contributed by atoms with Crippen LogP contribution < -0.4 is 0 Å². The highest BCUT2D eigenvalue weighted by Crippen LogP contribution is 2.08. The van der Waals surface area contributed by atoms with Crippen molar-refractivity contribution in [3.63, 3.8) is 0 Å². The van der Waals surface area contributed by atoms with Gasteiger partial charge in [-0.1, -0.05) is 0 Å². The molecular weight excluding hydrogens is 244 g/mol. The van der Waals surface area contributed by atoms with E-state index in [4.69, 9.17) is 16.3 Å². The first kappa shape index (κ1) is 14.3. The number of nitrogens with zero attached hydrogens (tertiary/aromatic N) is 2. The number of carbonyl (C=O) groups is 2. The predicted molar refractivity (Wildman–Crippen MR) is 65.0 cm³/mol. The molecule has 0 saturated carbocycles. The van der Waals surface area contributed by atoms with Crippen molar-refractivity contribution in [1.82, 2.24) is 9.80 Å². The second kappa shape index (κ2) is 6.81. The van der Waals surface area contributed by atoms with E-state index in [9.17, 15) is 9.59 Å². The normalized spacial score (nSPS) is 17.2. The predicted octanol–water partition coefficient (Wildman–Crippen LogP) is 0.321. The van der Waals surface area contributed by atoms with Crippen LogP contribution in [-0.2, 0) is 14.3 Å². The van der Waals surface area contributed by atoms with Crippen LogP contribution in [0.25, 0.3) is 0 Å². The summed E-state index contributed by atoms with van der Waals surface area (Å²) in [5, 5.41) is 0. The Kier molecular flexibility index (Phi) is 5.71. The Bertz CT molecular complexity index is 284. The van der Waals surface area contributed by atoms with E-state index in [0.29, 0.717) is 38.7 Å². The molecule has 1 heterocycles. The molecule has 6 heteroatoms. The summed E-state index contributed by atoms with van der Waals surface area (Å²) < 4.78 is 5.19. The molecule has 0 unspecified atom stereocenters. The Labute approximate surface area is 107 Å². The summed E-state index contributed by atoms with van der Waals surface area (Å²) in [6.07, 6.45) is 0. The Morgan fingerprint density at radius 2 is 1.94 bits per heavy atom. The van der Waals surface area contributed by atoms with Crippen LogP contribution in [0.5, 0.6) is 0 Å². The van der Waals surface area contributed by atoms with Crippen molar-refractivity contribution >= 4 is 23.4 Å². The molecule has 1 aliphatic heterocycles. The molecule has 0 bridgehead atoms. The summed E-state index contributed by atoms with van der Waals surface area (Å²) >= 11 is 5.46. The summed E-state index contributed by atoms with van der Waals surface area (Å²) in [4.78, 5) is 26.6. The van der Waals surface area contributed by atoms with Gasteiger partial charge in [0.2, 0.25) is 0 Å². The van der Waals surface area contributed by atoms with E-state index in [-0.39, 0.29) is 6.04 Å². The number of hydrogen-bond acceptors (Lipinski definition) is 3. The zero-order valence-corrected chi connectivity index (χ0v) is 11.1.